The fourth-order valence-electron chi connectivity index (χ4n) is 1.97. The minimum atomic E-state index is -0.228. The summed E-state index contributed by atoms with van der Waals surface area (Å²) < 4.78 is 15.2. The highest BCUT2D eigenvalue weighted by Gasteiger charge is 1.98. The number of benzene rings is 1. The second-order valence-corrected chi connectivity index (χ2v) is 4.67. The van der Waals surface area contributed by atoms with Gasteiger partial charge in [0, 0.05) is 32.0 Å². The number of hydrogen-bond acceptors (Lipinski definition) is 1. The molecule has 0 saturated carbocycles. The first-order valence-corrected chi connectivity index (χ1v) is 7.15. The van der Waals surface area contributed by atoms with E-state index in [0.717, 1.165) is 31.2 Å². The van der Waals surface area contributed by atoms with E-state index in [4.69, 9.17) is 0 Å². The van der Waals surface area contributed by atoms with Crippen LogP contribution in [0, 0.1) is 5.82 Å². The van der Waals surface area contributed by atoms with Crippen LogP contribution >= 0.6 is 0 Å². The van der Waals surface area contributed by atoms with E-state index in [0.29, 0.717) is 6.54 Å². The number of halogens is 1. The summed E-state index contributed by atoms with van der Waals surface area (Å²) in [6.45, 7) is 4.92. The highest BCUT2D eigenvalue weighted by molar-refractivity contribution is 5.79. The van der Waals surface area contributed by atoms with E-state index in [-0.39, 0.29) is 5.82 Å². The number of aliphatic imine (C=N–C) groups is 1. The zero-order valence-corrected chi connectivity index (χ0v) is 12.2. The van der Waals surface area contributed by atoms with Crippen molar-refractivity contribution in [3.8, 4) is 0 Å². The van der Waals surface area contributed by atoms with Gasteiger partial charge in [-0.05, 0) is 36.8 Å². The van der Waals surface area contributed by atoms with E-state index >= 15 is 0 Å². The van der Waals surface area contributed by atoms with Gasteiger partial charge in [-0.2, -0.15) is 0 Å². The summed E-state index contributed by atoms with van der Waals surface area (Å²) in [5, 5.41) is 6.45. The molecule has 1 heterocycles. The van der Waals surface area contributed by atoms with Crippen LogP contribution in [0.15, 0.2) is 53.8 Å². The first-order chi connectivity index (χ1) is 10.3. The lowest BCUT2D eigenvalue weighted by molar-refractivity contribution is 0.625. The number of guanidine groups is 1. The topological polar surface area (TPSA) is 41.4 Å². The summed E-state index contributed by atoms with van der Waals surface area (Å²) in [5.74, 6) is 0.516. The first-order valence-electron chi connectivity index (χ1n) is 7.15. The molecular formula is C16H21FN4. The van der Waals surface area contributed by atoms with Crippen LogP contribution in [0.3, 0.4) is 0 Å². The van der Waals surface area contributed by atoms with Gasteiger partial charge in [0.05, 0.1) is 6.54 Å². The van der Waals surface area contributed by atoms with E-state index in [1.54, 1.807) is 6.07 Å². The summed E-state index contributed by atoms with van der Waals surface area (Å²) >= 11 is 0. The van der Waals surface area contributed by atoms with Gasteiger partial charge in [-0.15, -0.1) is 0 Å². The zero-order valence-electron chi connectivity index (χ0n) is 12.2. The lowest BCUT2D eigenvalue weighted by Gasteiger charge is -2.11. The number of aromatic nitrogens is 1. The Kier molecular flexibility index (Phi) is 5.82. The molecule has 0 amide bonds. The average molecular weight is 288 g/mol. The summed E-state index contributed by atoms with van der Waals surface area (Å²) in [5.41, 5.74) is 0.859. The van der Waals surface area contributed by atoms with Gasteiger partial charge in [0.1, 0.15) is 5.82 Å². The summed E-state index contributed by atoms with van der Waals surface area (Å²) in [6, 6.07) is 10.5. The molecule has 0 atom stereocenters. The third-order valence-electron chi connectivity index (χ3n) is 2.98. The van der Waals surface area contributed by atoms with Crippen LogP contribution in [-0.2, 0) is 13.1 Å². The summed E-state index contributed by atoms with van der Waals surface area (Å²) in [4.78, 5) is 4.46. The lowest BCUT2D eigenvalue weighted by Crippen LogP contribution is -2.38. The molecule has 0 fully saturated rings. The van der Waals surface area contributed by atoms with Gasteiger partial charge in [-0.1, -0.05) is 12.1 Å². The van der Waals surface area contributed by atoms with Crippen LogP contribution in [0.25, 0.3) is 0 Å². The van der Waals surface area contributed by atoms with E-state index in [1.807, 2.05) is 37.5 Å². The predicted molar refractivity (Wildman–Crippen MR) is 83.7 cm³/mol. The zero-order chi connectivity index (χ0) is 14.9. The maximum absolute atomic E-state index is 13.1. The Bertz CT molecular complexity index is 563. The van der Waals surface area contributed by atoms with Crippen LogP contribution in [-0.4, -0.2) is 23.6 Å². The van der Waals surface area contributed by atoms with Crippen LogP contribution in [0.5, 0.6) is 0 Å². The Labute approximate surface area is 124 Å². The maximum atomic E-state index is 13.1. The van der Waals surface area contributed by atoms with E-state index in [9.17, 15) is 4.39 Å². The molecule has 0 saturated heterocycles. The molecule has 0 aliphatic heterocycles. The monoisotopic (exact) mass is 288 g/mol. The molecule has 0 bridgehead atoms. The van der Waals surface area contributed by atoms with Gasteiger partial charge in [-0.3, -0.25) is 0 Å². The summed E-state index contributed by atoms with van der Waals surface area (Å²) in [6.07, 6.45) is 4.05. The third-order valence-corrected chi connectivity index (χ3v) is 2.98. The Hall–Kier alpha value is -2.30. The molecule has 1 aromatic carbocycles. The SMILES string of the molecule is CCNC(=NCc1cccc(F)c1)NCCn1cccc1. The normalized spacial score (nSPS) is 11.4. The summed E-state index contributed by atoms with van der Waals surface area (Å²) in [7, 11) is 0. The smallest absolute Gasteiger partial charge is 0.191 e. The van der Waals surface area contributed by atoms with Crippen molar-refractivity contribution < 1.29 is 4.39 Å². The van der Waals surface area contributed by atoms with Crippen LogP contribution in [0.4, 0.5) is 4.39 Å². The quantitative estimate of drug-likeness (QED) is 0.633. The molecule has 2 rings (SSSR count). The fraction of sp³-hybridized carbons (Fsp3) is 0.312. The van der Waals surface area contributed by atoms with Gasteiger partial charge in [0.15, 0.2) is 5.96 Å². The molecule has 4 nitrogen and oxygen atoms in total. The molecule has 112 valence electrons. The van der Waals surface area contributed by atoms with Crippen molar-refractivity contribution in [2.45, 2.75) is 20.0 Å². The third kappa shape index (κ3) is 5.30. The number of rotatable bonds is 6. The number of nitrogens with zero attached hydrogens (tertiary/aromatic N) is 2. The van der Waals surface area contributed by atoms with Crippen molar-refractivity contribution in [3.05, 3.63) is 60.2 Å². The molecular weight excluding hydrogens is 267 g/mol. The molecule has 2 N–H and O–H groups in total. The molecule has 0 aliphatic carbocycles. The van der Waals surface area contributed by atoms with Gasteiger partial charge < -0.3 is 15.2 Å². The Morgan fingerprint density at radius 1 is 1.19 bits per heavy atom. The molecule has 5 heteroatoms. The molecule has 2 aromatic rings. The molecule has 21 heavy (non-hydrogen) atoms. The van der Waals surface area contributed by atoms with Crippen molar-refractivity contribution in [1.29, 1.82) is 0 Å². The van der Waals surface area contributed by atoms with E-state index in [2.05, 4.69) is 20.2 Å². The van der Waals surface area contributed by atoms with E-state index in [1.165, 1.54) is 12.1 Å². The van der Waals surface area contributed by atoms with Gasteiger partial charge in [-0.25, -0.2) is 9.38 Å². The highest BCUT2D eigenvalue weighted by Crippen LogP contribution is 2.04. The van der Waals surface area contributed by atoms with Crippen molar-refractivity contribution in [2.24, 2.45) is 4.99 Å². The first kappa shape index (κ1) is 15.1. The van der Waals surface area contributed by atoms with Gasteiger partial charge in [0.25, 0.3) is 0 Å². The van der Waals surface area contributed by atoms with Crippen molar-refractivity contribution in [1.82, 2.24) is 15.2 Å². The Morgan fingerprint density at radius 3 is 2.71 bits per heavy atom. The van der Waals surface area contributed by atoms with Crippen molar-refractivity contribution >= 4 is 5.96 Å². The second kappa shape index (κ2) is 8.09. The highest BCUT2D eigenvalue weighted by atomic mass is 19.1. The molecule has 1 aromatic heterocycles. The largest absolute Gasteiger partial charge is 0.357 e. The van der Waals surface area contributed by atoms with Gasteiger partial charge in [0.2, 0.25) is 0 Å². The van der Waals surface area contributed by atoms with Gasteiger partial charge >= 0.3 is 0 Å². The van der Waals surface area contributed by atoms with Crippen LogP contribution in [0.1, 0.15) is 12.5 Å². The minimum Gasteiger partial charge on any atom is -0.357 e. The standard InChI is InChI=1S/C16H21FN4/c1-2-18-16(19-8-11-21-9-3-4-10-21)20-13-14-6-5-7-15(17)12-14/h3-7,9-10,12H,2,8,11,13H2,1H3,(H2,18,19,20). The minimum absolute atomic E-state index is 0.228. The fourth-order valence-corrected chi connectivity index (χ4v) is 1.97. The number of nitrogens with one attached hydrogen (secondary N) is 2. The van der Waals surface area contributed by atoms with Crippen molar-refractivity contribution in [2.75, 3.05) is 13.1 Å². The Morgan fingerprint density at radius 2 is 2.00 bits per heavy atom. The average Bonchev–Trinajstić information content (AvgIpc) is 2.98. The molecule has 0 spiro atoms. The second-order valence-electron chi connectivity index (χ2n) is 4.67. The van der Waals surface area contributed by atoms with E-state index < -0.39 is 0 Å². The lowest BCUT2D eigenvalue weighted by atomic mass is 10.2. The maximum Gasteiger partial charge on any atom is 0.191 e. The predicted octanol–water partition coefficient (Wildman–Crippen LogP) is 2.38. The van der Waals surface area contributed by atoms with Crippen LogP contribution < -0.4 is 10.6 Å². The number of hydrogen-bond donors (Lipinski definition) is 2. The molecule has 0 unspecified atom stereocenters. The molecule has 0 aliphatic rings. The Balaban J connectivity index is 1.86. The molecule has 0 radical (unpaired) electrons. The van der Waals surface area contributed by atoms with Crippen LogP contribution in [0.2, 0.25) is 0 Å². The van der Waals surface area contributed by atoms with Crippen molar-refractivity contribution in [3.63, 3.8) is 0 Å².